The first-order chi connectivity index (χ1) is 12.2. The van der Waals surface area contributed by atoms with Crippen molar-refractivity contribution in [3.63, 3.8) is 0 Å². The van der Waals surface area contributed by atoms with Gasteiger partial charge in [0.25, 0.3) is 0 Å². The largest absolute Gasteiger partial charge is 0.366 e. The van der Waals surface area contributed by atoms with Crippen LogP contribution < -0.4 is 16.4 Å². The Morgan fingerprint density at radius 3 is 2.54 bits per heavy atom. The highest BCUT2D eigenvalue weighted by molar-refractivity contribution is 6.43. The minimum absolute atomic E-state index is 0.160. The second-order valence-electron chi connectivity index (χ2n) is 7.10. The molecule has 1 fully saturated rings. The molecule has 1 aliphatic rings. The lowest BCUT2D eigenvalue weighted by molar-refractivity contribution is 0.100. The van der Waals surface area contributed by atoms with E-state index in [0.29, 0.717) is 32.4 Å². The number of pyridine rings is 1. The summed E-state index contributed by atoms with van der Waals surface area (Å²) in [5.41, 5.74) is 14.1. The highest BCUT2D eigenvalue weighted by Gasteiger charge is 2.28. The molecule has 1 saturated heterocycles. The van der Waals surface area contributed by atoms with E-state index in [2.05, 4.69) is 11.8 Å². The van der Waals surface area contributed by atoms with Crippen molar-refractivity contribution in [2.45, 2.75) is 32.2 Å². The quantitative estimate of drug-likeness (QED) is 0.831. The molecule has 3 rings (SSSR count). The number of nitrogens with zero attached hydrogens (tertiary/aromatic N) is 2. The first-order valence-electron chi connectivity index (χ1n) is 8.49. The molecule has 4 N–H and O–H groups in total. The zero-order valence-corrected chi connectivity index (χ0v) is 16.4. The number of carbonyl (C=O) groups is 1. The van der Waals surface area contributed by atoms with Gasteiger partial charge in [0.15, 0.2) is 0 Å². The molecular formula is C19H22Cl2N4O. The molecule has 0 bridgehead atoms. The molecule has 138 valence electrons. The van der Waals surface area contributed by atoms with Crippen LogP contribution in [-0.4, -0.2) is 29.5 Å². The van der Waals surface area contributed by atoms with Crippen molar-refractivity contribution < 1.29 is 4.79 Å². The smallest absolute Gasteiger partial charge is 0.249 e. The van der Waals surface area contributed by atoms with Crippen LogP contribution in [0.15, 0.2) is 24.3 Å². The topological polar surface area (TPSA) is 85.2 Å². The normalized spacial score (nSPS) is 16.6. The van der Waals surface area contributed by atoms with Gasteiger partial charge in [-0.15, -0.1) is 0 Å². The summed E-state index contributed by atoms with van der Waals surface area (Å²) in [6, 6.07) is 7.03. The van der Waals surface area contributed by atoms with Gasteiger partial charge in [0.1, 0.15) is 5.82 Å². The molecule has 0 saturated carbocycles. The van der Waals surface area contributed by atoms with Crippen molar-refractivity contribution in [2.75, 3.05) is 18.0 Å². The third kappa shape index (κ3) is 3.65. The van der Waals surface area contributed by atoms with E-state index in [-0.39, 0.29) is 5.54 Å². The van der Waals surface area contributed by atoms with Gasteiger partial charge in [0, 0.05) is 35.4 Å². The van der Waals surface area contributed by atoms with Crippen LogP contribution in [0.2, 0.25) is 10.0 Å². The van der Waals surface area contributed by atoms with E-state index in [1.54, 1.807) is 18.2 Å². The standard InChI is InChI=1S/C19H22Cl2N4O/c1-11-16(12-4-3-5-14(20)17(12)21)13(18(22)26)10-15(24-11)25-8-6-19(2,23)7-9-25/h3-5,10H,6-9,23H2,1-2H3,(H2,22,26). The van der Waals surface area contributed by atoms with Crippen LogP contribution in [0.3, 0.4) is 0 Å². The van der Waals surface area contributed by atoms with E-state index < -0.39 is 5.91 Å². The van der Waals surface area contributed by atoms with Crippen LogP contribution in [0.1, 0.15) is 35.8 Å². The number of aryl methyl sites for hydroxylation is 1. The van der Waals surface area contributed by atoms with Gasteiger partial charge in [-0.3, -0.25) is 4.79 Å². The second kappa shape index (κ2) is 7.06. The maximum absolute atomic E-state index is 12.2. The number of amides is 1. The molecule has 2 aromatic rings. The predicted molar refractivity (Wildman–Crippen MR) is 107 cm³/mol. The summed E-state index contributed by atoms with van der Waals surface area (Å²) in [7, 11) is 0. The van der Waals surface area contributed by atoms with Gasteiger partial charge in [-0.1, -0.05) is 35.3 Å². The number of carbonyl (C=O) groups excluding carboxylic acids is 1. The van der Waals surface area contributed by atoms with Crippen molar-refractivity contribution in [1.29, 1.82) is 0 Å². The lowest BCUT2D eigenvalue weighted by Crippen LogP contribution is -2.48. The molecule has 5 nitrogen and oxygen atoms in total. The fourth-order valence-electron chi connectivity index (χ4n) is 3.30. The van der Waals surface area contributed by atoms with Crippen molar-refractivity contribution in [2.24, 2.45) is 11.5 Å². The van der Waals surface area contributed by atoms with Gasteiger partial charge in [-0.05, 0) is 38.8 Å². The molecule has 0 unspecified atom stereocenters. The maximum atomic E-state index is 12.2. The summed E-state index contributed by atoms with van der Waals surface area (Å²) in [4.78, 5) is 19.0. The van der Waals surface area contributed by atoms with Crippen molar-refractivity contribution in [3.8, 4) is 11.1 Å². The summed E-state index contributed by atoms with van der Waals surface area (Å²) >= 11 is 12.5. The SMILES string of the molecule is Cc1nc(N2CCC(C)(N)CC2)cc(C(N)=O)c1-c1cccc(Cl)c1Cl. The van der Waals surface area contributed by atoms with Gasteiger partial charge >= 0.3 is 0 Å². The van der Waals surface area contributed by atoms with Gasteiger partial charge in [0.2, 0.25) is 5.91 Å². The van der Waals surface area contributed by atoms with E-state index in [0.717, 1.165) is 31.7 Å². The van der Waals surface area contributed by atoms with Crippen molar-refractivity contribution >= 4 is 34.9 Å². The average Bonchev–Trinajstić information content (AvgIpc) is 2.57. The Balaban J connectivity index is 2.08. The number of benzene rings is 1. The molecule has 1 aromatic carbocycles. The molecular weight excluding hydrogens is 371 g/mol. The molecule has 1 aromatic heterocycles. The Morgan fingerprint density at radius 2 is 1.92 bits per heavy atom. The number of hydrogen-bond acceptors (Lipinski definition) is 4. The molecule has 0 atom stereocenters. The minimum Gasteiger partial charge on any atom is -0.366 e. The zero-order chi connectivity index (χ0) is 19.1. The van der Waals surface area contributed by atoms with Gasteiger partial charge < -0.3 is 16.4 Å². The van der Waals surface area contributed by atoms with Crippen molar-refractivity contribution in [1.82, 2.24) is 4.98 Å². The Morgan fingerprint density at radius 1 is 1.27 bits per heavy atom. The Kier molecular flexibility index (Phi) is 5.15. The lowest BCUT2D eigenvalue weighted by Gasteiger charge is -2.37. The Bertz CT molecular complexity index is 857. The monoisotopic (exact) mass is 392 g/mol. The average molecular weight is 393 g/mol. The number of rotatable bonds is 3. The number of halogens is 2. The highest BCUT2D eigenvalue weighted by Crippen LogP contribution is 2.38. The minimum atomic E-state index is -0.525. The third-order valence-corrected chi connectivity index (χ3v) is 5.72. The van der Waals surface area contributed by atoms with Crippen LogP contribution in [0.4, 0.5) is 5.82 Å². The Hall–Kier alpha value is -1.82. The number of hydrogen-bond donors (Lipinski definition) is 2. The number of primary amides is 1. The van der Waals surface area contributed by atoms with Crippen LogP contribution >= 0.6 is 23.2 Å². The number of piperidine rings is 1. The number of anilines is 1. The summed E-state index contributed by atoms with van der Waals surface area (Å²) in [5.74, 6) is 0.206. The van der Waals surface area contributed by atoms with Crippen LogP contribution in [0, 0.1) is 6.92 Å². The fraction of sp³-hybridized carbons (Fsp3) is 0.368. The number of nitrogens with two attached hydrogens (primary N) is 2. The molecule has 0 aliphatic carbocycles. The van der Waals surface area contributed by atoms with Crippen LogP contribution in [0.5, 0.6) is 0 Å². The molecule has 7 heteroatoms. The molecule has 2 heterocycles. The van der Waals surface area contributed by atoms with Gasteiger partial charge in [-0.25, -0.2) is 4.98 Å². The molecule has 1 amide bonds. The van der Waals surface area contributed by atoms with Crippen molar-refractivity contribution in [3.05, 3.63) is 45.6 Å². The van der Waals surface area contributed by atoms with Crippen LogP contribution in [-0.2, 0) is 0 Å². The van der Waals surface area contributed by atoms with E-state index >= 15 is 0 Å². The second-order valence-corrected chi connectivity index (χ2v) is 7.88. The third-order valence-electron chi connectivity index (χ3n) is 4.90. The Labute approximate surface area is 163 Å². The summed E-state index contributed by atoms with van der Waals surface area (Å²) < 4.78 is 0. The van der Waals surface area contributed by atoms with E-state index in [4.69, 9.17) is 39.7 Å². The summed E-state index contributed by atoms with van der Waals surface area (Å²) in [6.07, 6.45) is 1.73. The van der Waals surface area contributed by atoms with E-state index in [1.165, 1.54) is 0 Å². The van der Waals surface area contributed by atoms with Crippen LogP contribution in [0.25, 0.3) is 11.1 Å². The first-order valence-corrected chi connectivity index (χ1v) is 9.25. The molecule has 26 heavy (non-hydrogen) atoms. The molecule has 0 radical (unpaired) electrons. The predicted octanol–water partition coefficient (Wildman–Crippen LogP) is 3.78. The first kappa shape index (κ1) is 19.0. The lowest BCUT2D eigenvalue weighted by atomic mass is 9.91. The highest BCUT2D eigenvalue weighted by atomic mass is 35.5. The number of aromatic nitrogens is 1. The zero-order valence-electron chi connectivity index (χ0n) is 14.9. The van der Waals surface area contributed by atoms with Gasteiger partial charge in [-0.2, -0.15) is 0 Å². The summed E-state index contributed by atoms with van der Waals surface area (Å²) in [6.45, 7) is 5.48. The van der Waals surface area contributed by atoms with E-state index in [9.17, 15) is 4.79 Å². The molecule has 1 aliphatic heterocycles. The van der Waals surface area contributed by atoms with E-state index in [1.807, 2.05) is 13.0 Å². The molecule has 0 spiro atoms. The fourth-order valence-corrected chi connectivity index (χ4v) is 3.69. The van der Waals surface area contributed by atoms with Gasteiger partial charge in [0.05, 0.1) is 15.6 Å². The summed E-state index contributed by atoms with van der Waals surface area (Å²) in [5, 5.41) is 0.799. The maximum Gasteiger partial charge on any atom is 0.249 e.